The highest BCUT2D eigenvalue weighted by molar-refractivity contribution is 5.69. The lowest BCUT2D eigenvalue weighted by atomic mass is 10.1. The zero-order chi connectivity index (χ0) is 14.2. The second kappa shape index (κ2) is 4.60. The number of hydrogen-bond donors (Lipinski definition) is 1. The quantitative estimate of drug-likeness (QED) is 0.900. The van der Waals surface area contributed by atoms with Gasteiger partial charge in [-0.15, -0.1) is 0 Å². The van der Waals surface area contributed by atoms with Gasteiger partial charge in [-0.2, -0.15) is 18.3 Å². The first-order chi connectivity index (χ1) is 8.79. The predicted octanol–water partition coefficient (Wildman–Crippen LogP) is 3.86. The molecule has 0 fully saturated rings. The Morgan fingerprint density at radius 2 is 1.95 bits per heavy atom. The van der Waals surface area contributed by atoms with E-state index < -0.39 is 17.5 Å². The molecule has 0 atom stereocenters. The fraction of sp³-hybridized carbons (Fsp3) is 0.308. The van der Waals surface area contributed by atoms with Crippen LogP contribution in [0.3, 0.4) is 0 Å². The van der Waals surface area contributed by atoms with E-state index >= 15 is 0 Å². The Morgan fingerprint density at radius 1 is 1.26 bits per heavy atom. The monoisotopic (exact) mass is 270 g/mol. The Morgan fingerprint density at radius 3 is 2.42 bits per heavy atom. The molecule has 1 aromatic heterocycles. The lowest BCUT2D eigenvalue weighted by Crippen LogP contribution is -2.04. The smallest absolute Gasteiger partial charge is 0.416 e. The maximum atomic E-state index is 12.5. The molecule has 2 rings (SSSR count). The third-order valence-electron chi connectivity index (χ3n) is 2.77. The zero-order valence-electron chi connectivity index (χ0n) is 10.4. The Bertz CT molecular complexity index is 588. The van der Waals surface area contributed by atoms with Crippen LogP contribution in [-0.4, -0.2) is 14.9 Å². The van der Waals surface area contributed by atoms with Crippen molar-refractivity contribution < 1.29 is 18.3 Å². The summed E-state index contributed by atoms with van der Waals surface area (Å²) < 4.78 is 39.1. The summed E-state index contributed by atoms with van der Waals surface area (Å²) in [5.74, 6) is -0.405. The number of nitrogens with zero attached hydrogens (tertiary/aromatic N) is 2. The molecule has 0 bridgehead atoms. The van der Waals surface area contributed by atoms with E-state index in [1.54, 1.807) is 10.9 Å². The number of halogens is 3. The number of rotatable bonds is 2. The van der Waals surface area contributed by atoms with Gasteiger partial charge in [0.15, 0.2) is 0 Å². The standard InChI is InChI=1S/C13H13F3N2O/c1-8(2)18-7-9(6-17-18)11-4-3-10(5-12(11)19)13(14,15)16/h3-8,19H,1-2H3. The summed E-state index contributed by atoms with van der Waals surface area (Å²) in [6.07, 6.45) is -1.26. The van der Waals surface area contributed by atoms with Crippen LogP contribution >= 0.6 is 0 Å². The van der Waals surface area contributed by atoms with Crippen molar-refractivity contribution >= 4 is 0 Å². The highest BCUT2D eigenvalue weighted by Crippen LogP contribution is 2.36. The summed E-state index contributed by atoms with van der Waals surface area (Å²) in [7, 11) is 0. The molecule has 0 radical (unpaired) electrons. The van der Waals surface area contributed by atoms with Gasteiger partial charge in [0.1, 0.15) is 5.75 Å². The number of phenols is 1. The Labute approximate surface area is 108 Å². The van der Waals surface area contributed by atoms with Gasteiger partial charge in [0, 0.05) is 23.4 Å². The molecule has 3 nitrogen and oxygen atoms in total. The minimum absolute atomic E-state index is 0.144. The molecule has 0 saturated heterocycles. The van der Waals surface area contributed by atoms with E-state index in [-0.39, 0.29) is 6.04 Å². The van der Waals surface area contributed by atoms with Crippen LogP contribution in [-0.2, 0) is 6.18 Å². The van der Waals surface area contributed by atoms with E-state index in [1.165, 1.54) is 12.3 Å². The van der Waals surface area contributed by atoms with E-state index in [1.807, 2.05) is 13.8 Å². The fourth-order valence-electron chi connectivity index (χ4n) is 1.71. The molecule has 1 heterocycles. The fourth-order valence-corrected chi connectivity index (χ4v) is 1.71. The highest BCUT2D eigenvalue weighted by Gasteiger charge is 2.31. The normalized spacial score (nSPS) is 12.1. The van der Waals surface area contributed by atoms with Crippen LogP contribution in [0, 0.1) is 0 Å². The molecular formula is C13H13F3N2O. The number of aromatic nitrogens is 2. The number of benzene rings is 1. The second-order valence-electron chi connectivity index (χ2n) is 4.53. The molecule has 0 aliphatic carbocycles. The molecule has 102 valence electrons. The second-order valence-corrected chi connectivity index (χ2v) is 4.53. The van der Waals surface area contributed by atoms with Gasteiger partial charge >= 0.3 is 6.18 Å². The Hall–Kier alpha value is -1.98. The molecule has 6 heteroatoms. The third-order valence-corrected chi connectivity index (χ3v) is 2.77. The van der Waals surface area contributed by atoms with E-state index in [0.717, 1.165) is 12.1 Å². The molecule has 19 heavy (non-hydrogen) atoms. The molecule has 0 unspecified atom stereocenters. The predicted molar refractivity (Wildman–Crippen MR) is 64.7 cm³/mol. The molecule has 2 aromatic rings. The van der Waals surface area contributed by atoms with Crippen LogP contribution in [0.1, 0.15) is 25.5 Å². The number of aromatic hydroxyl groups is 1. The van der Waals surface area contributed by atoms with E-state index in [4.69, 9.17) is 0 Å². The van der Waals surface area contributed by atoms with Gasteiger partial charge < -0.3 is 5.11 Å². The maximum absolute atomic E-state index is 12.5. The van der Waals surface area contributed by atoms with Gasteiger partial charge in [0.25, 0.3) is 0 Å². The van der Waals surface area contributed by atoms with E-state index in [0.29, 0.717) is 11.1 Å². The Balaban J connectivity index is 2.40. The molecule has 1 N–H and O–H groups in total. The SMILES string of the molecule is CC(C)n1cc(-c2ccc(C(F)(F)F)cc2O)cn1. The summed E-state index contributed by atoms with van der Waals surface area (Å²) in [6, 6.07) is 3.06. The molecule has 0 amide bonds. The van der Waals surface area contributed by atoms with Crippen LogP contribution in [0.25, 0.3) is 11.1 Å². The number of alkyl halides is 3. The molecule has 0 aliphatic rings. The van der Waals surface area contributed by atoms with Crippen LogP contribution in [0.4, 0.5) is 13.2 Å². The van der Waals surface area contributed by atoms with Gasteiger partial charge in [0.05, 0.1) is 11.8 Å². The van der Waals surface area contributed by atoms with E-state index in [2.05, 4.69) is 5.10 Å². The first-order valence-electron chi connectivity index (χ1n) is 5.74. The largest absolute Gasteiger partial charge is 0.507 e. The van der Waals surface area contributed by atoms with Crippen LogP contribution in [0.15, 0.2) is 30.6 Å². The van der Waals surface area contributed by atoms with Crippen molar-refractivity contribution in [1.82, 2.24) is 9.78 Å². The van der Waals surface area contributed by atoms with Crippen LogP contribution in [0.2, 0.25) is 0 Å². The average molecular weight is 270 g/mol. The van der Waals surface area contributed by atoms with Crippen molar-refractivity contribution in [2.45, 2.75) is 26.1 Å². The van der Waals surface area contributed by atoms with Gasteiger partial charge in [0.2, 0.25) is 0 Å². The third kappa shape index (κ3) is 2.72. The van der Waals surface area contributed by atoms with Crippen molar-refractivity contribution in [3.63, 3.8) is 0 Å². The minimum Gasteiger partial charge on any atom is -0.507 e. The first-order valence-corrected chi connectivity index (χ1v) is 5.74. The van der Waals surface area contributed by atoms with Crippen LogP contribution in [0.5, 0.6) is 5.75 Å². The topological polar surface area (TPSA) is 38.0 Å². The van der Waals surface area contributed by atoms with Crippen molar-refractivity contribution in [1.29, 1.82) is 0 Å². The summed E-state index contributed by atoms with van der Waals surface area (Å²) in [6.45, 7) is 3.87. The van der Waals surface area contributed by atoms with Gasteiger partial charge in [-0.3, -0.25) is 4.68 Å². The zero-order valence-corrected chi connectivity index (χ0v) is 10.4. The van der Waals surface area contributed by atoms with Gasteiger partial charge in [-0.1, -0.05) is 0 Å². The van der Waals surface area contributed by atoms with Gasteiger partial charge in [-0.25, -0.2) is 0 Å². The first kappa shape index (κ1) is 13.5. The molecular weight excluding hydrogens is 257 g/mol. The lowest BCUT2D eigenvalue weighted by Gasteiger charge is -2.09. The number of phenolic OH excluding ortho intramolecular Hbond substituents is 1. The summed E-state index contributed by atoms with van der Waals surface area (Å²) in [5, 5.41) is 13.8. The highest BCUT2D eigenvalue weighted by atomic mass is 19.4. The summed E-state index contributed by atoms with van der Waals surface area (Å²) in [5.41, 5.74) is 0.0461. The van der Waals surface area contributed by atoms with Crippen molar-refractivity contribution in [3.05, 3.63) is 36.2 Å². The van der Waals surface area contributed by atoms with Crippen LogP contribution < -0.4 is 0 Å². The van der Waals surface area contributed by atoms with Crippen molar-refractivity contribution in [3.8, 4) is 16.9 Å². The van der Waals surface area contributed by atoms with Crippen molar-refractivity contribution in [2.24, 2.45) is 0 Å². The summed E-state index contributed by atoms with van der Waals surface area (Å²) in [4.78, 5) is 0. The minimum atomic E-state index is -4.46. The average Bonchev–Trinajstić information content (AvgIpc) is 2.76. The lowest BCUT2D eigenvalue weighted by molar-refractivity contribution is -0.137. The molecule has 0 saturated carbocycles. The maximum Gasteiger partial charge on any atom is 0.416 e. The van der Waals surface area contributed by atoms with Crippen molar-refractivity contribution in [2.75, 3.05) is 0 Å². The van der Waals surface area contributed by atoms with Gasteiger partial charge in [-0.05, 0) is 32.0 Å². The summed E-state index contributed by atoms with van der Waals surface area (Å²) >= 11 is 0. The molecule has 0 aliphatic heterocycles. The molecule has 0 spiro atoms. The Kier molecular flexibility index (Phi) is 3.26. The molecule has 1 aromatic carbocycles. The van der Waals surface area contributed by atoms with E-state index in [9.17, 15) is 18.3 Å². The number of hydrogen-bond acceptors (Lipinski definition) is 2.